The Balaban J connectivity index is 0.000000971. The van der Waals surface area contributed by atoms with E-state index in [9.17, 15) is 24.6 Å². The van der Waals surface area contributed by atoms with Gasteiger partial charge in [-0.2, -0.15) is 0 Å². The van der Waals surface area contributed by atoms with Gasteiger partial charge in [-0.1, -0.05) is 62.7 Å². The third kappa shape index (κ3) is 15.1. The summed E-state index contributed by atoms with van der Waals surface area (Å²) in [5.74, 6) is -0.212. The maximum Gasteiger partial charge on any atom is 0.336 e. The van der Waals surface area contributed by atoms with Crippen molar-refractivity contribution < 1.29 is 58.2 Å². The van der Waals surface area contributed by atoms with Gasteiger partial charge < -0.3 is 44.3 Å². The van der Waals surface area contributed by atoms with Gasteiger partial charge >= 0.3 is 11.9 Å². The Labute approximate surface area is 364 Å². The van der Waals surface area contributed by atoms with Crippen molar-refractivity contribution in [3.63, 3.8) is 0 Å². The second-order valence-electron chi connectivity index (χ2n) is 14.3. The predicted octanol–water partition coefficient (Wildman–Crippen LogP) is 9.18. The third-order valence-electron chi connectivity index (χ3n) is 8.72. The van der Waals surface area contributed by atoms with Crippen LogP contribution in [-0.4, -0.2) is 59.6 Å². The molecule has 5 N–H and O–H groups in total. The highest BCUT2D eigenvalue weighted by Gasteiger charge is 2.21. The predicted molar refractivity (Wildman–Crippen MR) is 236 cm³/mol. The van der Waals surface area contributed by atoms with E-state index >= 15 is 0 Å². The topological polar surface area (TPSA) is 191 Å². The summed E-state index contributed by atoms with van der Waals surface area (Å²) in [6, 6.07) is 40.6. The molecule has 0 saturated heterocycles. The minimum Gasteiger partial charge on any atom is -0.508 e. The molecular formula is C49H46N2O12. The van der Waals surface area contributed by atoms with E-state index in [1.165, 1.54) is 24.3 Å². The first-order valence-electron chi connectivity index (χ1n) is 19.4. The highest BCUT2D eigenvalue weighted by molar-refractivity contribution is 6.11. The van der Waals surface area contributed by atoms with Crippen molar-refractivity contribution in [1.82, 2.24) is 0 Å². The number of aromatic carboxylic acids is 2. The number of benzene rings is 6. The first-order valence-corrected chi connectivity index (χ1v) is 19.4. The van der Waals surface area contributed by atoms with E-state index in [2.05, 4.69) is 10.8 Å². The van der Waals surface area contributed by atoms with Gasteiger partial charge in [0.15, 0.2) is 0 Å². The van der Waals surface area contributed by atoms with Crippen molar-refractivity contribution in [1.29, 1.82) is 0 Å². The Morgan fingerprint density at radius 3 is 1.65 bits per heavy atom. The summed E-state index contributed by atoms with van der Waals surface area (Å²) in [4.78, 5) is 42.0. The maximum absolute atomic E-state index is 12.8. The minimum atomic E-state index is -1.30. The van der Waals surface area contributed by atoms with Crippen molar-refractivity contribution in [3.8, 4) is 47.0 Å². The van der Waals surface area contributed by atoms with Crippen LogP contribution >= 0.6 is 0 Å². The molecule has 6 aromatic rings. The molecule has 0 aliphatic heterocycles. The monoisotopic (exact) mass is 854 g/mol. The van der Waals surface area contributed by atoms with Crippen molar-refractivity contribution in [2.45, 2.75) is 20.5 Å². The van der Waals surface area contributed by atoms with Gasteiger partial charge in [0, 0.05) is 11.1 Å². The van der Waals surface area contributed by atoms with Crippen LogP contribution in [0, 0.1) is 17.9 Å². The molecule has 0 saturated carbocycles. The normalized spacial score (nSPS) is 10.5. The largest absolute Gasteiger partial charge is 0.508 e. The van der Waals surface area contributed by atoms with Crippen LogP contribution in [0.15, 0.2) is 146 Å². The highest BCUT2D eigenvalue weighted by Crippen LogP contribution is 2.25. The first kappa shape index (κ1) is 45.9. The van der Waals surface area contributed by atoms with Crippen LogP contribution in [0.2, 0.25) is 0 Å². The van der Waals surface area contributed by atoms with Crippen LogP contribution in [0.4, 0.5) is 11.4 Å². The number of rotatable bonds is 20. The van der Waals surface area contributed by atoms with Crippen molar-refractivity contribution in [3.05, 3.63) is 168 Å². The molecule has 0 unspecified atom stereocenters. The van der Waals surface area contributed by atoms with E-state index in [1.54, 1.807) is 84.9 Å². The third-order valence-corrected chi connectivity index (χ3v) is 8.72. The number of nitrogens with one attached hydrogen (secondary N) is 2. The van der Waals surface area contributed by atoms with E-state index in [0.29, 0.717) is 59.8 Å². The smallest absolute Gasteiger partial charge is 0.336 e. The molecule has 63 heavy (non-hydrogen) atoms. The lowest BCUT2D eigenvalue weighted by Crippen LogP contribution is -2.28. The molecular weight excluding hydrogens is 809 g/mol. The van der Waals surface area contributed by atoms with Gasteiger partial charge in [0.05, 0.1) is 35.6 Å². The van der Waals surface area contributed by atoms with Gasteiger partial charge in [-0.25, -0.2) is 9.59 Å². The molecule has 0 fully saturated rings. The Morgan fingerprint density at radius 2 is 1.10 bits per heavy atom. The van der Waals surface area contributed by atoms with E-state index in [-0.39, 0.29) is 41.1 Å². The minimum absolute atomic E-state index is 0.00471. The van der Waals surface area contributed by atoms with E-state index in [1.807, 2.05) is 56.4 Å². The molecule has 0 radical (unpaired) electrons. The number of anilines is 2. The summed E-state index contributed by atoms with van der Waals surface area (Å²) in [5, 5.41) is 30.6. The summed E-state index contributed by atoms with van der Waals surface area (Å²) >= 11 is 0. The van der Waals surface area contributed by atoms with E-state index < -0.39 is 17.8 Å². The molecule has 0 aromatic heterocycles. The molecule has 0 aliphatic rings. The van der Waals surface area contributed by atoms with Crippen LogP contribution in [0.3, 0.4) is 0 Å². The Hall–Kier alpha value is -8.15. The average Bonchev–Trinajstić information content (AvgIpc) is 3.28. The fourth-order valence-electron chi connectivity index (χ4n) is 5.51. The zero-order valence-electron chi connectivity index (χ0n) is 34.5. The number of ether oxygens (including phenoxy) is 5. The molecule has 0 aliphatic carbocycles. The number of aromatic hydroxyl groups is 1. The number of carboxylic acids is 2. The van der Waals surface area contributed by atoms with Crippen molar-refractivity contribution in [2.75, 3.05) is 37.2 Å². The Kier molecular flexibility index (Phi) is 16.8. The molecule has 6 rings (SSSR count). The van der Waals surface area contributed by atoms with Crippen LogP contribution in [0.5, 0.6) is 34.5 Å². The molecule has 6 aromatic carbocycles. The van der Waals surface area contributed by atoms with E-state index in [4.69, 9.17) is 40.1 Å². The second kappa shape index (κ2) is 23.0. The van der Waals surface area contributed by atoms with Gasteiger partial charge in [-0.15, -0.1) is 0 Å². The number of amides is 1. The van der Waals surface area contributed by atoms with Crippen LogP contribution in [0.25, 0.3) is 0 Å². The summed E-state index contributed by atoms with van der Waals surface area (Å²) in [6.07, 6.45) is 7.07. The zero-order chi connectivity index (χ0) is 45.0. The first-order chi connectivity index (χ1) is 30.4. The van der Waals surface area contributed by atoms with Crippen LogP contribution in [0.1, 0.15) is 50.5 Å². The summed E-state index contributed by atoms with van der Waals surface area (Å²) < 4.78 is 28.2. The number of terminal acetylenes is 1. The summed E-state index contributed by atoms with van der Waals surface area (Å²) in [7, 11) is 0. The highest BCUT2D eigenvalue weighted by atomic mass is 16.6. The van der Waals surface area contributed by atoms with Crippen LogP contribution < -0.4 is 34.5 Å². The molecule has 14 heteroatoms. The molecule has 14 nitrogen and oxygen atoms in total. The number of para-hydroxylation sites is 2. The molecule has 0 atom stereocenters. The number of carboxylic acid groups (broad SMARTS) is 2. The fourth-order valence-corrected chi connectivity index (χ4v) is 5.51. The van der Waals surface area contributed by atoms with Gasteiger partial charge in [0.25, 0.3) is 5.91 Å². The number of phenols is 1. The number of carbonyl (C=O) groups excluding carboxylic acids is 1. The average molecular weight is 855 g/mol. The van der Waals surface area contributed by atoms with Crippen LogP contribution in [-0.2, 0) is 11.4 Å². The molecule has 0 heterocycles. The van der Waals surface area contributed by atoms with Gasteiger partial charge in [-0.05, 0) is 109 Å². The molecule has 1 amide bonds. The maximum atomic E-state index is 12.8. The fraction of sp³-hybridized carbons (Fsp3) is 0.163. The van der Waals surface area contributed by atoms with Crippen molar-refractivity contribution >= 4 is 29.2 Å². The zero-order valence-corrected chi connectivity index (χ0v) is 34.5. The van der Waals surface area contributed by atoms with Gasteiger partial charge in [0.1, 0.15) is 60.4 Å². The molecule has 0 bridgehead atoms. The lowest BCUT2D eigenvalue weighted by Gasteiger charge is -2.25. The summed E-state index contributed by atoms with van der Waals surface area (Å²) in [5.41, 5.74) is 3.78. The standard InChI is InChI=1S/C43H40N2O11.C6H6O/c1-4-51-35-20-21-37(39(25-35)42(49)50)40(46)44-30-11-16-33(17-12-30)54-27-43(2,3)28-55-34-18-13-31(14-19-34)45-56-26-29-10-15-36(24-38(29)41(47)48)53-23-22-52-32-8-6-5-7-9-32;7-6-4-2-1-3-5-6/h1,5-21,24-25,45H,22-23,26-28H2,2-3H3,(H,44,46)(H,47,48)(H,49,50);1-5,7H. The quantitative estimate of drug-likeness (QED) is 0.0278. The lowest BCUT2D eigenvalue weighted by atomic mass is 9.96. The van der Waals surface area contributed by atoms with E-state index in [0.717, 1.165) is 5.75 Å². The number of phenolic OH excluding ortho intramolecular Hbond substituents is 1. The summed E-state index contributed by atoms with van der Waals surface area (Å²) in [6.45, 7) is 5.22. The Morgan fingerprint density at radius 1 is 0.587 bits per heavy atom. The number of hydrogen-bond acceptors (Lipinski definition) is 11. The number of carbonyl (C=O) groups is 3. The Bertz CT molecular complexity index is 2450. The number of hydrogen-bond donors (Lipinski definition) is 5. The second-order valence-corrected chi connectivity index (χ2v) is 14.3. The van der Waals surface area contributed by atoms with Crippen molar-refractivity contribution in [2.24, 2.45) is 5.41 Å². The molecule has 0 spiro atoms. The van der Waals surface area contributed by atoms with Gasteiger partial charge in [-0.3, -0.25) is 15.1 Å². The molecule has 324 valence electrons. The van der Waals surface area contributed by atoms with Gasteiger partial charge in [0.2, 0.25) is 0 Å². The lowest BCUT2D eigenvalue weighted by molar-refractivity contribution is 0.0682. The SMILES string of the molecule is C#COc1ccc(C(=O)Nc2ccc(OCC(C)(C)COc3ccc(NOCc4ccc(OCCOc5ccccc5)cc4C(=O)O)cc3)cc2)c(C(=O)O)c1.Oc1ccccc1.